The Kier molecular flexibility index (Phi) is 8.83. The van der Waals surface area contributed by atoms with E-state index in [1.165, 1.54) is 12.6 Å². The first-order valence-electron chi connectivity index (χ1n) is 9.74. The van der Waals surface area contributed by atoms with E-state index < -0.39 is 0 Å². The number of hydrogen-bond acceptors (Lipinski definition) is 5. The Labute approximate surface area is 168 Å². The summed E-state index contributed by atoms with van der Waals surface area (Å²) in [5.74, 6) is 0.253. The largest absolute Gasteiger partial charge is 0.333 e. The molecule has 1 aliphatic rings. The van der Waals surface area contributed by atoms with E-state index in [-0.39, 0.29) is 11.8 Å². The van der Waals surface area contributed by atoms with Crippen LogP contribution in [0.25, 0.3) is 0 Å². The van der Waals surface area contributed by atoms with Gasteiger partial charge in [0.15, 0.2) is 5.78 Å². The molecule has 2 aromatic rings. The number of nitrogens with two attached hydrogens (primary N) is 1. The standard InChI is InChI=1S/C22H25N3O.CH5N/c1-24-13-15-25(16-14-24)22(20-10-7-19(17-23)8-11-20)21(26)12-9-18-5-3-2-4-6-18;1-2/h2-8,10-11,22H,9,12-16H2,1H3;2H2,1H3. The predicted molar refractivity (Wildman–Crippen MR) is 113 cm³/mol. The Morgan fingerprint density at radius 1 is 1.04 bits per heavy atom. The van der Waals surface area contributed by atoms with Crippen LogP contribution in [-0.4, -0.2) is 55.9 Å². The molecule has 2 N–H and O–H groups in total. The van der Waals surface area contributed by atoms with Gasteiger partial charge in [0, 0.05) is 32.6 Å². The quantitative estimate of drug-likeness (QED) is 0.836. The van der Waals surface area contributed by atoms with Gasteiger partial charge in [0.25, 0.3) is 0 Å². The third-order valence-corrected chi connectivity index (χ3v) is 5.07. The van der Waals surface area contributed by atoms with Crippen LogP contribution in [0.15, 0.2) is 54.6 Å². The highest BCUT2D eigenvalue weighted by molar-refractivity contribution is 5.85. The van der Waals surface area contributed by atoms with Crippen LogP contribution in [0.4, 0.5) is 0 Å². The average molecular weight is 379 g/mol. The second-order valence-electron chi connectivity index (χ2n) is 6.93. The van der Waals surface area contributed by atoms with Gasteiger partial charge in [-0.15, -0.1) is 0 Å². The van der Waals surface area contributed by atoms with Gasteiger partial charge in [-0.2, -0.15) is 5.26 Å². The number of hydrogen-bond donors (Lipinski definition) is 1. The number of benzene rings is 2. The van der Waals surface area contributed by atoms with Gasteiger partial charge < -0.3 is 10.6 Å². The van der Waals surface area contributed by atoms with E-state index in [4.69, 9.17) is 5.26 Å². The molecule has 3 rings (SSSR count). The summed E-state index contributed by atoms with van der Waals surface area (Å²) in [4.78, 5) is 17.7. The topological polar surface area (TPSA) is 73.4 Å². The van der Waals surface area contributed by atoms with E-state index in [1.807, 2.05) is 42.5 Å². The number of nitriles is 1. The highest BCUT2D eigenvalue weighted by atomic mass is 16.1. The fourth-order valence-corrected chi connectivity index (χ4v) is 3.47. The van der Waals surface area contributed by atoms with Crippen molar-refractivity contribution in [2.75, 3.05) is 40.3 Å². The smallest absolute Gasteiger partial charge is 0.154 e. The first-order valence-corrected chi connectivity index (χ1v) is 9.74. The fourth-order valence-electron chi connectivity index (χ4n) is 3.47. The number of aryl methyl sites for hydroxylation is 1. The van der Waals surface area contributed by atoms with Gasteiger partial charge >= 0.3 is 0 Å². The molecule has 148 valence electrons. The first kappa shape index (κ1) is 21.8. The van der Waals surface area contributed by atoms with Crippen LogP contribution in [0.2, 0.25) is 0 Å². The maximum absolute atomic E-state index is 13.1. The summed E-state index contributed by atoms with van der Waals surface area (Å²) >= 11 is 0. The van der Waals surface area contributed by atoms with Crippen molar-refractivity contribution in [2.45, 2.75) is 18.9 Å². The lowest BCUT2D eigenvalue weighted by Crippen LogP contribution is -2.47. The van der Waals surface area contributed by atoms with Crippen molar-refractivity contribution in [3.05, 3.63) is 71.3 Å². The molecule has 0 amide bonds. The van der Waals surface area contributed by atoms with Gasteiger partial charge in [0.1, 0.15) is 0 Å². The number of Topliss-reactive ketones (excluding diaryl/α,β-unsaturated/α-hetero) is 1. The Morgan fingerprint density at radius 2 is 1.64 bits per heavy atom. The number of carbonyl (C=O) groups excluding carboxylic acids is 1. The molecular weight excluding hydrogens is 348 g/mol. The lowest BCUT2D eigenvalue weighted by atomic mass is 9.95. The van der Waals surface area contributed by atoms with E-state index in [1.54, 1.807) is 0 Å². The molecule has 1 fully saturated rings. The van der Waals surface area contributed by atoms with Gasteiger partial charge in [-0.1, -0.05) is 42.5 Å². The van der Waals surface area contributed by atoms with Crippen LogP contribution in [0.5, 0.6) is 0 Å². The highest BCUT2D eigenvalue weighted by Crippen LogP contribution is 2.25. The molecule has 5 heteroatoms. The molecule has 1 saturated heterocycles. The molecule has 0 saturated carbocycles. The molecule has 0 spiro atoms. The van der Waals surface area contributed by atoms with E-state index in [2.05, 4.69) is 40.8 Å². The number of nitrogens with zero attached hydrogens (tertiary/aromatic N) is 3. The molecule has 1 heterocycles. The molecule has 1 atom stereocenters. The van der Waals surface area contributed by atoms with Crippen molar-refractivity contribution in [3.8, 4) is 6.07 Å². The van der Waals surface area contributed by atoms with Gasteiger partial charge in [0.05, 0.1) is 17.7 Å². The zero-order valence-electron chi connectivity index (χ0n) is 16.8. The van der Waals surface area contributed by atoms with E-state index in [9.17, 15) is 4.79 Å². The number of piperazine rings is 1. The molecule has 1 unspecified atom stereocenters. The monoisotopic (exact) mass is 378 g/mol. The zero-order chi connectivity index (χ0) is 20.4. The Bertz CT molecular complexity index is 759. The molecular formula is C23H30N4O. The summed E-state index contributed by atoms with van der Waals surface area (Å²) in [7, 11) is 3.62. The molecule has 2 aromatic carbocycles. The summed E-state index contributed by atoms with van der Waals surface area (Å²) in [6, 6.07) is 19.6. The first-order chi connectivity index (χ1) is 13.7. The molecule has 28 heavy (non-hydrogen) atoms. The summed E-state index contributed by atoms with van der Waals surface area (Å²) in [6.07, 6.45) is 1.29. The predicted octanol–water partition coefficient (Wildman–Crippen LogP) is 2.62. The van der Waals surface area contributed by atoms with Gasteiger partial charge in [-0.25, -0.2) is 0 Å². The van der Waals surface area contributed by atoms with Crippen molar-refractivity contribution < 1.29 is 4.79 Å². The van der Waals surface area contributed by atoms with Gasteiger partial charge in [0.2, 0.25) is 0 Å². The van der Waals surface area contributed by atoms with Crippen LogP contribution in [-0.2, 0) is 11.2 Å². The molecule has 0 radical (unpaired) electrons. The van der Waals surface area contributed by atoms with Gasteiger partial charge in [-0.05, 0) is 43.8 Å². The van der Waals surface area contributed by atoms with Crippen LogP contribution in [0.1, 0.15) is 29.2 Å². The second kappa shape index (κ2) is 11.4. The van der Waals surface area contributed by atoms with Crippen LogP contribution < -0.4 is 5.73 Å². The third-order valence-electron chi connectivity index (χ3n) is 5.07. The number of carbonyl (C=O) groups is 1. The van der Waals surface area contributed by atoms with Crippen molar-refractivity contribution in [2.24, 2.45) is 5.73 Å². The Balaban J connectivity index is 0.00000136. The highest BCUT2D eigenvalue weighted by Gasteiger charge is 2.29. The Hall–Kier alpha value is -2.52. The maximum atomic E-state index is 13.1. The lowest BCUT2D eigenvalue weighted by Gasteiger charge is -2.37. The summed E-state index contributed by atoms with van der Waals surface area (Å²) in [5, 5.41) is 9.03. The molecule has 0 aromatic heterocycles. The minimum Gasteiger partial charge on any atom is -0.333 e. The van der Waals surface area contributed by atoms with E-state index >= 15 is 0 Å². The lowest BCUT2D eigenvalue weighted by molar-refractivity contribution is -0.125. The van der Waals surface area contributed by atoms with Crippen LogP contribution in [0.3, 0.4) is 0 Å². The van der Waals surface area contributed by atoms with Crippen molar-refractivity contribution in [1.29, 1.82) is 5.26 Å². The van der Waals surface area contributed by atoms with Crippen molar-refractivity contribution >= 4 is 5.78 Å². The van der Waals surface area contributed by atoms with Crippen molar-refractivity contribution in [1.82, 2.24) is 9.80 Å². The Morgan fingerprint density at radius 3 is 2.21 bits per heavy atom. The summed E-state index contributed by atoms with van der Waals surface area (Å²) in [5.41, 5.74) is 7.31. The molecule has 1 aliphatic heterocycles. The number of ketones is 1. The number of rotatable bonds is 6. The maximum Gasteiger partial charge on any atom is 0.154 e. The van der Waals surface area contributed by atoms with E-state index in [0.717, 1.165) is 38.2 Å². The SMILES string of the molecule is CN.CN1CCN(C(C(=O)CCc2ccccc2)c2ccc(C#N)cc2)CC1. The number of likely N-dealkylation sites (N-methyl/N-ethyl adjacent to an activating group) is 1. The summed E-state index contributed by atoms with van der Waals surface area (Å²) in [6.45, 7) is 3.72. The van der Waals surface area contributed by atoms with Crippen LogP contribution in [0, 0.1) is 11.3 Å². The second-order valence-corrected chi connectivity index (χ2v) is 6.93. The normalized spacial score (nSPS) is 15.8. The zero-order valence-corrected chi connectivity index (χ0v) is 16.8. The molecule has 5 nitrogen and oxygen atoms in total. The average Bonchev–Trinajstić information content (AvgIpc) is 2.76. The fraction of sp³-hybridized carbons (Fsp3) is 0.391. The van der Waals surface area contributed by atoms with Crippen LogP contribution >= 0.6 is 0 Å². The third kappa shape index (κ3) is 6.00. The minimum atomic E-state index is -0.222. The van der Waals surface area contributed by atoms with E-state index in [0.29, 0.717) is 12.0 Å². The van der Waals surface area contributed by atoms with Crippen molar-refractivity contribution in [3.63, 3.8) is 0 Å². The molecule has 0 aliphatic carbocycles. The summed E-state index contributed by atoms with van der Waals surface area (Å²) < 4.78 is 0. The van der Waals surface area contributed by atoms with Gasteiger partial charge in [-0.3, -0.25) is 9.69 Å². The minimum absolute atomic E-state index is 0.222. The molecule has 0 bridgehead atoms.